The summed E-state index contributed by atoms with van der Waals surface area (Å²) in [6.45, 7) is 2.63. The van der Waals surface area contributed by atoms with Crippen molar-refractivity contribution in [2.45, 2.75) is 19.5 Å². The van der Waals surface area contributed by atoms with Gasteiger partial charge in [-0.15, -0.1) is 0 Å². The Balaban J connectivity index is 1.48. The number of carbonyl (C=O) groups excluding carboxylic acids is 1. The van der Waals surface area contributed by atoms with Gasteiger partial charge in [-0.2, -0.15) is 4.68 Å². The number of tetrazole rings is 1. The normalized spacial score (nSPS) is 15.0. The zero-order valence-corrected chi connectivity index (χ0v) is 18.3. The Morgan fingerprint density at radius 2 is 1.64 bits per heavy atom. The van der Waals surface area contributed by atoms with Gasteiger partial charge < -0.3 is 5.32 Å². The quantitative estimate of drug-likeness (QED) is 0.498. The molecule has 33 heavy (non-hydrogen) atoms. The first-order valence-electron chi connectivity index (χ1n) is 10.9. The number of aromatic nitrogens is 4. The zero-order valence-electron chi connectivity index (χ0n) is 18.3. The van der Waals surface area contributed by atoms with E-state index in [2.05, 4.69) is 70.2 Å². The number of fused-ring (bicyclic) bond motifs is 1. The molecule has 1 aliphatic heterocycles. The number of amides is 1. The van der Waals surface area contributed by atoms with Crippen molar-refractivity contribution in [2.75, 3.05) is 11.4 Å². The number of rotatable bonds is 6. The fourth-order valence-electron chi connectivity index (χ4n) is 3.98. The van der Waals surface area contributed by atoms with E-state index in [1.807, 2.05) is 53.4 Å². The first-order chi connectivity index (χ1) is 16.2. The third-order valence-corrected chi connectivity index (χ3v) is 5.71. The van der Waals surface area contributed by atoms with Gasteiger partial charge in [0.2, 0.25) is 5.91 Å². The molecule has 0 saturated carbocycles. The van der Waals surface area contributed by atoms with E-state index in [9.17, 15) is 4.79 Å². The molecule has 0 unspecified atom stereocenters. The number of aryl methyl sites for hydroxylation is 1. The minimum absolute atomic E-state index is 0.106. The molecular formula is C26H24N6O. The summed E-state index contributed by atoms with van der Waals surface area (Å²) in [6, 6.07) is 28.1. The molecule has 4 aromatic rings. The monoisotopic (exact) mass is 436 g/mol. The van der Waals surface area contributed by atoms with E-state index in [-0.39, 0.29) is 18.5 Å². The molecule has 1 N–H and O–H groups in total. The number of nitrogens with one attached hydrogen (secondary N) is 1. The highest BCUT2D eigenvalue weighted by molar-refractivity contribution is 5.89. The SMILES string of the molecule is Cc1ccc(C2=C[C@H](c3ccccc3)n3nnnc3N2CC(=O)NCc2ccccc2)cc1. The summed E-state index contributed by atoms with van der Waals surface area (Å²) in [5.74, 6) is 0.432. The van der Waals surface area contributed by atoms with Crippen LogP contribution in [0.15, 0.2) is 91.0 Å². The maximum Gasteiger partial charge on any atom is 0.251 e. The Morgan fingerprint density at radius 1 is 0.939 bits per heavy atom. The highest BCUT2D eigenvalue weighted by Crippen LogP contribution is 2.36. The number of carbonyl (C=O) groups is 1. The van der Waals surface area contributed by atoms with Gasteiger partial charge in [-0.3, -0.25) is 9.69 Å². The standard InChI is InChI=1S/C26H24N6O/c1-19-12-14-22(15-13-19)23-16-24(21-10-6-3-7-11-21)32-26(28-29-30-32)31(23)18-25(33)27-17-20-8-4-2-5-9-20/h2-16,24H,17-18H2,1H3,(H,27,33)/t24-/m1/s1. The van der Waals surface area contributed by atoms with E-state index < -0.39 is 0 Å². The smallest absolute Gasteiger partial charge is 0.251 e. The first-order valence-corrected chi connectivity index (χ1v) is 10.9. The third kappa shape index (κ3) is 4.39. The molecule has 1 atom stereocenters. The topological polar surface area (TPSA) is 75.9 Å². The van der Waals surface area contributed by atoms with Crippen LogP contribution >= 0.6 is 0 Å². The summed E-state index contributed by atoms with van der Waals surface area (Å²) in [6.07, 6.45) is 2.12. The van der Waals surface area contributed by atoms with E-state index in [0.29, 0.717) is 12.5 Å². The minimum atomic E-state index is -0.170. The first kappa shape index (κ1) is 20.6. The average Bonchev–Trinajstić information content (AvgIpc) is 3.35. The number of hydrogen-bond acceptors (Lipinski definition) is 5. The summed E-state index contributed by atoms with van der Waals surface area (Å²) in [4.78, 5) is 14.8. The van der Waals surface area contributed by atoms with Crippen LogP contribution in [0, 0.1) is 6.92 Å². The second-order valence-electron chi connectivity index (χ2n) is 8.05. The highest BCUT2D eigenvalue weighted by atomic mass is 16.2. The molecule has 5 rings (SSSR count). The number of allylic oxidation sites excluding steroid dienone is 1. The van der Waals surface area contributed by atoms with Crippen LogP contribution in [0.3, 0.4) is 0 Å². The molecule has 0 radical (unpaired) electrons. The molecule has 2 heterocycles. The Morgan fingerprint density at radius 3 is 2.36 bits per heavy atom. The van der Waals surface area contributed by atoms with E-state index in [1.54, 1.807) is 4.68 Å². The van der Waals surface area contributed by atoms with Gasteiger partial charge in [-0.05, 0) is 40.1 Å². The lowest BCUT2D eigenvalue weighted by Crippen LogP contribution is -2.39. The lowest BCUT2D eigenvalue weighted by Gasteiger charge is -2.32. The maximum absolute atomic E-state index is 12.9. The van der Waals surface area contributed by atoms with Gasteiger partial charge in [0, 0.05) is 6.54 Å². The molecule has 0 aliphatic carbocycles. The molecule has 0 saturated heterocycles. The average molecular weight is 437 g/mol. The van der Waals surface area contributed by atoms with Crippen LogP contribution in [0.4, 0.5) is 5.95 Å². The molecule has 1 amide bonds. The molecule has 0 bridgehead atoms. The van der Waals surface area contributed by atoms with Crippen molar-refractivity contribution in [3.05, 3.63) is 113 Å². The lowest BCUT2D eigenvalue weighted by molar-refractivity contribution is -0.119. The molecule has 1 aliphatic rings. The van der Waals surface area contributed by atoms with Crippen LogP contribution in [0.25, 0.3) is 5.70 Å². The summed E-state index contributed by atoms with van der Waals surface area (Å²) in [7, 11) is 0. The van der Waals surface area contributed by atoms with Crippen LogP contribution in [-0.4, -0.2) is 32.7 Å². The van der Waals surface area contributed by atoms with E-state index in [4.69, 9.17) is 0 Å². The molecule has 0 spiro atoms. The highest BCUT2D eigenvalue weighted by Gasteiger charge is 2.31. The van der Waals surface area contributed by atoms with Crippen molar-refractivity contribution >= 4 is 17.6 Å². The summed E-state index contributed by atoms with van der Waals surface area (Å²) < 4.78 is 1.76. The van der Waals surface area contributed by atoms with Crippen molar-refractivity contribution in [3.63, 3.8) is 0 Å². The zero-order chi connectivity index (χ0) is 22.6. The predicted molar refractivity (Wildman–Crippen MR) is 127 cm³/mol. The Bertz CT molecular complexity index is 1270. The molecular weight excluding hydrogens is 412 g/mol. The van der Waals surface area contributed by atoms with Crippen molar-refractivity contribution < 1.29 is 4.79 Å². The Kier molecular flexibility index (Phi) is 5.68. The van der Waals surface area contributed by atoms with E-state index in [0.717, 1.165) is 22.4 Å². The fraction of sp³-hybridized carbons (Fsp3) is 0.154. The van der Waals surface area contributed by atoms with Crippen LogP contribution in [0.1, 0.15) is 28.3 Å². The van der Waals surface area contributed by atoms with Crippen LogP contribution in [0.5, 0.6) is 0 Å². The number of anilines is 1. The van der Waals surface area contributed by atoms with Gasteiger partial charge in [0.25, 0.3) is 5.95 Å². The van der Waals surface area contributed by atoms with Crippen LogP contribution in [0.2, 0.25) is 0 Å². The van der Waals surface area contributed by atoms with E-state index in [1.165, 1.54) is 5.56 Å². The van der Waals surface area contributed by atoms with E-state index >= 15 is 0 Å². The predicted octanol–water partition coefficient (Wildman–Crippen LogP) is 3.75. The second kappa shape index (κ2) is 9.08. The molecule has 7 nitrogen and oxygen atoms in total. The van der Waals surface area contributed by atoms with Crippen LogP contribution in [-0.2, 0) is 11.3 Å². The summed E-state index contributed by atoms with van der Waals surface area (Å²) >= 11 is 0. The fourth-order valence-corrected chi connectivity index (χ4v) is 3.98. The summed E-state index contributed by atoms with van der Waals surface area (Å²) in [5, 5.41) is 15.5. The van der Waals surface area contributed by atoms with Crippen molar-refractivity contribution in [1.82, 2.24) is 25.5 Å². The van der Waals surface area contributed by atoms with Gasteiger partial charge in [0.1, 0.15) is 12.6 Å². The molecule has 7 heteroatoms. The lowest BCUT2D eigenvalue weighted by atomic mass is 10.00. The largest absolute Gasteiger partial charge is 0.350 e. The maximum atomic E-state index is 12.9. The number of benzene rings is 3. The van der Waals surface area contributed by atoms with Gasteiger partial charge in [0.05, 0.1) is 5.70 Å². The number of nitrogens with zero attached hydrogens (tertiary/aromatic N) is 5. The molecule has 3 aromatic carbocycles. The van der Waals surface area contributed by atoms with Gasteiger partial charge in [0.15, 0.2) is 0 Å². The van der Waals surface area contributed by atoms with Gasteiger partial charge in [-0.25, -0.2) is 0 Å². The minimum Gasteiger partial charge on any atom is -0.350 e. The van der Waals surface area contributed by atoms with Crippen LogP contribution < -0.4 is 10.2 Å². The van der Waals surface area contributed by atoms with Gasteiger partial charge >= 0.3 is 0 Å². The molecule has 1 aromatic heterocycles. The third-order valence-electron chi connectivity index (χ3n) is 5.71. The van der Waals surface area contributed by atoms with Crippen molar-refractivity contribution in [1.29, 1.82) is 0 Å². The molecule has 164 valence electrons. The Hall–Kier alpha value is -4.26. The Labute approximate surface area is 192 Å². The van der Waals surface area contributed by atoms with Gasteiger partial charge in [-0.1, -0.05) is 95.6 Å². The van der Waals surface area contributed by atoms with Crippen molar-refractivity contribution in [2.24, 2.45) is 0 Å². The molecule has 0 fully saturated rings. The second-order valence-corrected chi connectivity index (χ2v) is 8.05. The summed E-state index contributed by atoms with van der Waals surface area (Å²) in [5.41, 5.74) is 5.20. The van der Waals surface area contributed by atoms with Crippen molar-refractivity contribution in [3.8, 4) is 0 Å². The number of hydrogen-bond donors (Lipinski definition) is 1.